The van der Waals surface area contributed by atoms with Crippen LogP contribution in [-0.4, -0.2) is 40.0 Å². The molecule has 0 aliphatic carbocycles. The molecule has 0 aromatic heterocycles. The summed E-state index contributed by atoms with van der Waals surface area (Å²) in [6, 6.07) is 0. The number of ether oxygens (including phenoxy) is 4. The van der Waals surface area contributed by atoms with Gasteiger partial charge in [0.05, 0.1) is 0 Å². The lowest BCUT2D eigenvalue weighted by Gasteiger charge is -2.16. The molecule has 0 saturated carbocycles. The Labute approximate surface area is 209 Å². The first kappa shape index (κ1) is 37.4. The van der Waals surface area contributed by atoms with Gasteiger partial charge in [-0.3, -0.25) is 0 Å². The molecule has 0 heterocycles. The first-order valence-electron chi connectivity index (χ1n) is 14.4. The van der Waals surface area contributed by atoms with Crippen LogP contribution in [0.15, 0.2) is 0 Å². The standard InChI is InChI=1S/C12H26O2.C10H22O2.C7H16/c1-4-7-8-9-10-11-12(13-5-2)14-6-3;1-4-5-6-7-8-9-10(11-2)12-3;1-3-5-7-6-4-2/h12H,4-11H2,1-3H3;10H,4-9H2,1-3H3;3-7H2,1-2H3. The van der Waals surface area contributed by atoms with E-state index in [0.717, 1.165) is 26.1 Å². The average Bonchev–Trinajstić information content (AvgIpc) is 2.83. The van der Waals surface area contributed by atoms with Gasteiger partial charge in [0.15, 0.2) is 12.6 Å². The van der Waals surface area contributed by atoms with Crippen LogP contribution >= 0.6 is 0 Å². The van der Waals surface area contributed by atoms with E-state index < -0.39 is 0 Å². The monoisotopic (exact) mass is 476 g/mol. The van der Waals surface area contributed by atoms with Crippen LogP contribution in [0.5, 0.6) is 0 Å². The highest BCUT2D eigenvalue weighted by atomic mass is 16.7. The zero-order valence-corrected chi connectivity index (χ0v) is 24.2. The Morgan fingerprint density at radius 1 is 0.394 bits per heavy atom. The summed E-state index contributed by atoms with van der Waals surface area (Å²) < 4.78 is 21.1. The Kier molecular flexibility index (Phi) is 41.3. The van der Waals surface area contributed by atoms with E-state index in [4.69, 9.17) is 18.9 Å². The van der Waals surface area contributed by atoms with E-state index in [-0.39, 0.29) is 12.6 Å². The minimum Gasteiger partial charge on any atom is -0.356 e. The normalized spacial score (nSPS) is 10.7. The number of methoxy groups -OCH3 is 2. The molecule has 0 aromatic rings. The minimum atomic E-state index is 0.00614. The van der Waals surface area contributed by atoms with Gasteiger partial charge in [-0.2, -0.15) is 0 Å². The van der Waals surface area contributed by atoms with E-state index in [0.29, 0.717) is 0 Å². The van der Waals surface area contributed by atoms with E-state index in [2.05, 4.69) is 27.7 Å². The van der Waals surface area contributed by atoms with Gasteiger partial charge in [0.2, 0.25) is 0 Å². The van der Waals surface area contributed by atoms with Crippen molar-refractivity contribution in [3.63, 3.8) is 0 Å². The summed E-state index contributed by atoms with van der Waals surface area (Å²) in [6.07, 6.45) is 22.2. The lowest BCUT2D eigenvalue weighted by Crippen LogP contribution is -2.17. The van der Waals surface area contributed by atoms with Gasteiger partial charge in [-0.25, -0.2) is 0 Å². The van der Waals surface area contributed by atoms with E-state index >= 15 is 0 Å². The van der Waals surface area contributed by atoms with E-state index in [1.165, 1.54) is 96.3 Å². The van der Waals surface area contributed by atoms with Gasteiger partial charge in [0, 0.05) is 27.4 Å². The molecule has 0 atom stereocenters. The van der Waals surface area contributed by atoms with Crippen molar-refractivity contribution in [3.05, 3.63) is 0 Å². The molecule has 0 aromatic carbocycles. The third-order valence-corrected chi connectivity index (χ3v) is 5.52. The fraction of sp³-hybridized carbons (Fsp3) is 1.00. The number of rotatable bonds is 22. The van der Waals surface area contributed by atoms with Crippen molar-refractivity contribution in [2.45, 2.75) is 163 Å². The smallest absolute Gasteiger partial charge is 0.157 e. The molecular weight excluding hydrogens is 412 g/mol. The maximum atomic E-state index is 5.47. The van der Waals surface area contributed by atoms with Crippen LogP contribution in [0.2, 0.25) is 0 Å². The maximum Gasteiger partial charge on any atom is 0.157 e. The average molecular weight is 477 g/mol. The Morgan fingerprint density at radius 2 is 0.697 bits per heavy atom. The summed E-state index contributed by atoms with van der Waals surface area (Å²) in [5.74, 6) is 0. The zero-order chi connectivity index (χ0) is 25.4. The predicted molar refractivity (Wildman–Crippen MR) is 146 cm³/mol. The lowest BCUT2D eigenvalue weighted by atomic mass is 10.1. The lowest BCUT2D eigenvalue weighted by molar-refractivity contribution is -0.140. The van der Waals surface area contributed by atoms with Crippen LogP contribution in [0.4, 0.5) is 0 Å². The molecule has 33 heavy (non-hydrogen) atoms. The molecule has 0 aliphatic rings. The third-order valence-electron chi connectivity index (χ3n) is 5.52. The first-order valence-corrected chi connectivity index (χ1v) is 14.4. The number of unbranched alkanes of at least 4 members (excludes halogenated alkanes) is 12. The van der Waals surface area contributed by atoms with Crippen molar-refractivity contribution >= 4 is 0 Å². The summed E-state index contributed by atoms with van der Waals surface area (Å²) in [5, 5.41) is 0. The van der Waals surface area contributed by atoms with Gasteiger partial charge in [-0.05, 0) is 39.5 Å². The number of hydrogen-bond acceptors (Lipinski definition) is 4. The van der Waals surface area contributed by atoms with Gasteiger partial charge in [-0.1, -0.05) is 111 Å². The van der Waals surface area contributed by atoms with Crippen molar-refractivity contribution in [1.82, 2.24) is 0 Å². The van der Waals surface area contributed by atoms with Crippen molar-refractivity contribution in [3.8, 4) is 0 Å². The molecule has 0 spiro atoms. The van der Waals surface area contributed by atoms with Gasteiger partial charge in [0.25, 0.3) is 0 Å². The second kappa shape index (κ2) is 36.4. The van der Waals surface area contributed by atoms with Gasteiger partial charge < -0.3 is 18.9 Å². The van der Waals surface area contributed by atoms with E-state index in [9.17, 15) is 0 Å². The van der Waals surface area contributed by atoms with Crippen molar-refractivity contribution in [2.75, 3.05) is 27.4 Å². The SMILES string of the molecule is CCCCCCC.CCCCCCCC(OC)OC.CCCCCCCC(OCC)OCC. The highest BCUT2D eigenvalue weighted by molar-refractivity contribution is 4.48. The molecule has 0 rings (SSSR count). The molecule has 4 heteroatoms. The molecule has 0 N–H and O–H groups in total. The molecule has 0 aliphatic heterocycles. The van der Waals surface area contributed by atoms with Crippen molar-refractivity contribution in [2.24, 2.45) is 0 Å². The first-order chi connectivity index (χ1) is 16.1. The van der Waals surface area contributed by atoms with Crippen LogP contribution in [0, 0.1) is 0 Å². The molecule has 0 amide bonds. The minimum absolute atomic E-state index is 0.00614. The number of hydrogen-bond donors (Lipinski definition) is 0. The van der Waals surface area contributed by atoms with Crippen molar-refractivity contribution < 1.29 is 18.9 Å². The van der Waals surface area contributed by atoms with Crippen LogP contribution in [0.1, 0.15) is 151 Å². The summed E-state index contributed by atoms with van der Waals surface area (Å²) in [6.45, 7) is 14.5. The molecule has 204 valence electrons. The van der Waals surface area contributed by atoms with Crippen LogP contribution < -0.4 is 0 Å². The summed E-state index contributed by atoms with van der Waals surface area (Å²) >= 11 is 0. The summed E-state index contributed by atoms with van der Waals surface area (Å²) in [5.41, 5.74) is 0. The zero-order valence-electron chi connectivity index (χ0n) is 24.2. The molecule has 0 radical (unpaired) electrons. The van der Waals surface area contributed by atoms with Crippen molar-refractivity contribution in [1.29, 1.82) is 0 Å². The summed E-state index contributed by atoms with van der Waals surface area (Å²) in [7, 11) is 3.39. The molecule has 4 nitrogen and oxygen atoms in total. The van der Waals surface area contributed by atoms with Gasteiger partial charge in [0.1, 0.15) is 0 Å². The Bertz CT molecular complexity index is 285. The highest BCUT2D eigenvalue weighted by Gasteiger charge is 2.06. The van der Waals surface area contributed by atoms with Crippen LogP contribution in [0.25, 0.3) is 0 Å². The van der Waals surface area contributed by atoms with Gasteiger partial charge >= 0.3 is 0 Å². The summed E-state index contributed by atoms with van der Waals surface area (Å²) in [4.78, 5) is 0. The molecule has 0 unspecified atom stereocenters. The molecule has 0 fully saturated rings. The van der Waals surface area contributed by atoms with Crippen LogP contribution in [-0.2, 0) is 18.9 Å². The topological polar surface area (TPSA) is 36.9 Å². The fourth-order valence-electron chi connectivity index (χ4n) is 3.42. The molecular formula is C29H64O4. The second-order valence-electron chi connectivity index (χ2n) is 8.71. The quantitative estimate of drug-likeness (QED) is 0.115. The predicted octanol–water partition coefficient (Wildman–Crippen LogP) is 9.69. The second-order valence-corrected chi connectivity index (χ2v) is 8.71. The van der Waals surface area contributed by atoms with E-state index in [1.807, 2.05) is 13.8 Å². The third kappa shape index (κ3) is 36.6. The molecule has 0 saturated heterocycles. The largest absolute Gasteiger partial charge is 0.356 e. The van der Waals surface area contributed by atoms with Gasteiger partial charge in [-0.15, -0.1) is 0 Å². The Hall–Kier alpha value is -0.160. The van der Waals surface area contributed by atoms with E-state index in [1.54, 1.807) is 14.2 Å². The molecule has 0 bridgehead atoms. The maximum absolute atomic E-state index is 5.47. The van der Waals surface area contributed by atoms with Crippen LogP contribution in [0.3, 0.4) is 0 Å². The highest BCUT2D eigenvalue weighted by Crippen LogP contribution is 2.11. The Morgan fingerprint density at radius 3 is 1.00 bits per heavy atom. The Balaban J connectivity index is -0.000000432. The fourth-order valence-corrected chi connectivity index (χ4v) is 3.42.